The number of para-hydroxylation sites is 1. The number of nitrogens with zero attached hydrogens (tertiary/aromatic N) is 3. The van der Waals surface area contributed by atoms with E-state index >= 15 is 0 Å². The molecule has 0 spiro atoms. The maximum Gasteiger partial charge on any atom is 0.256 e. The molecule has 4 heteroatoms. The summed E-state index contributed by atoms with van der Waals surface area (Å²) in [5.41, 5.74) is 5.08. The Hall–Kier alpha value is -1.14. The number of anilines is 2. The van der Waals surface area contributed by atoms with Crippen LogP contribution in [0.3, 0.4) is 0 Å². The fraction of sp³-hybridized carbons (Fsp3) is 0.267. The van der Waals surface area contributed by atoms with Crippen LogP contribution in [0.25, 0.3) is 0 Å². The predicted octanol–water partition coefficient (Wildman–Crippen LogP) is 4.17. The summed E-state index contributed by atoms with van der Waals surface area (Å²) >= 11 is 2.51. The third-order valence-electron chi connectivity index (χ3n) is 3.96. The van der Waals surface area contributed by atoms with E-state index in [0.29, 0.717) is 6.17 Å². The monoisotopic (exact) mass is 366 g/mol. The Labute approximate surface area is 128 Å². The van der Waals surface area contributed by atoms with Crippen LogP contribution in [0.2, 0.25) is 0 Å². The van der Waals surface area contributed by atoms with Crippen LogP contribution in [-0.2, 0) is 0 Å². The van der Waals surface area contributed by atoms with Gasteiger partial charge in [0.2, 0.25) is 0 Å². The molecular weight excluding hydrogens is 349 g/mol. The topological polar surface area (TPSA) is 16.1 Å². The maximum absolute atomic E-state index is 4.31. The molecule has 0 aliphatic carbocycles. The number of pyridine rings is 1. The molecule has 1 aliphatic heterocycles. The first-order valence-electron chi connectivity index (χ1n) is 6.39. The molecule has 1 unspecified atom stereocenters. The summed E-state index contributed by atoms with van der Waals surface area (Å²) in [4.78, 5) is 6.70. The number of benzene rings is 1. The van der Waals surface area contributed by atoms with Gasteiger partial charge in [0.15, 0.2) is 11.9 Å². The van der Waals surface area contributed by atoms with E-state index in [4.69, 9.17) is 0 Å². The van der Waals surface area contributed by atoms with Gasteiger partial charge in [-0.05, 0) is 18.6 Å². The van der Waals surface area contributed by atoms with Gasteiger partial charge in [-0.25, -0.2) is 2.70 Å². The molecule has 98 valence electrons. The molecule has 0 radical (unpaired) electrons. The normalized spacial score (nSPS) is 25.5. The number of halogens is 1. The highest BCUT2D eigenvalue weighted by molar-refractivity contribution is 14.1. The van der Waals surface area contributed by atoms with Gasteiger partial charge in [0.1, 0.15) is 5.69 Å². The fourth-order valence-corrected chi connectivity index (χ4v) is 3.38. The molecule has 0 bridgehead atoms. The van der Waals surface area contributed by atoms with E-state index < -0.39 is 0 Å². The minimum absolute atomic E-state index is 0.348. The molecule has 0 saturated heterocycles. The van der Waals surface area contributed by atoms with Crippen LogP contribution in [0.1, 0.15) is 12.5 Å². The van der Waals surface area contributed by atoms with Gasteiger partial charge in [-0.15, -0.1) is 0 Å². The van der Waals surface area contributed by atoms with Crippen molar-refractivity contribution in [2.24, 2.45) is 0 Å². The SMILES string of the molecule is Cc1ccccc1N1c2cnccc2[N+](C)(I)[C@@H]1C. The van der Waals surface area contributed by atoms with E-state index in [9.17, 15) is 0 Å². The number of aryl methyl sites for hydroxylation is 1. The van der Waals surface area contributed by atoms with Crippen LogP contribution in [0.5, 0.6) is 0 Å². The standard InChI is InChI=1S/C15H17IN3/c1-11-6-4-5-7-13(11)18-12(2)19(3,16)15-8-9-17-10-14(15)18/h4-10,12H,1-3H3/q+1/t12-,19?/m1/s1. The smallest absolute Gasteiger partial charge is 0.256 e. The van der Waals surface area contributed by atoms with Crippen LogP contribution < -0.4 is 7.60 Å². The van der Waals surface area contributed by atoms with Crippen molar-refractivity contribution >= 4 is 39.9 Å². The lowest BCUT2D eigenvalue weighted by Crippen LogP contribution is -2.45. The second-order valence-corrected chi connectivity index (χ2v) is 7.12. The summed E-state index contributed by atoms with van der Waals surface area (Å²) in [6.07, 6.45) is 4.20. The van der Waals surface area contributed by atoms with E-state index in [-0.39, 0.29) is 0 Å². The van der Waals surface area contributed by atoms with E-state index in [1.165, 1.54) is 22.6 Å². The molecule has 0 fully saturated rings. The molecule has 0 N–H and O–H groups in total. The molecular formula is C15H17IN3+. The molecule has 3 rings (SSSR count). The minimum atomic E-state index is 0.348. The van der Waals surface area contributed by atoms with Crippen molar-refractivity contribution < 1.29 is 0 Å². The summed E-state index contributed by atoms with van der Waals surface area (Å²) in [5, 5.41) is 0. The first-order chi connectivity index (χ1) is 9.03. The number of hydrogen-bond donors (Lipinski definition) is 0. The Morgan fingerprint density at radius 1 is 1.21 bits per heavy atom. The average molecular weight is 366 g/mol. The summed E-state index contributed by atoms with van der Waals surface area (Å²) in [5.74, 6) is 0. The molecule has 0 saturated carbocycles. The number of quaternary nitrogens is 1. The highest BCUT2D eigenvalue weighted by Crippen LogP contribution is 2.49. The molecule has 1 aromatic heterocycles. The molecule has 2 atom stereocenters. The highest BCUT2D eigenvalue weighted by Gasteiger charge is 2.46. The maximum atomic E-state index is 4.31. The van der Waals surface area contributed by atoms with Crippen molar-refractivity contribution in [1.82, 2.24) is 7.68 Å². The van der Waals surface area contributed by atoms with Gasteiger partial charge in [0, 0.05) is 24.9 Å². The predicted molar refractivity (Wildman–Crippen MR) is 88.8 cm³/mol. The number of hydrogen-bond acceptors (Lipinski definition) is 2. The van der Waals surface area contributed by atoms with E-state index in [1.807, 2.05) is 12.4 Å². The Morgan fingerprint density at radius 3 is 2.68 bits per heavy atom. The second-order valence-electron chi connectivity index (χ2n) is 5.11. The third kappa shape index (κ3) is 1.85. The van der Waals surface area contributed by atoms with E-state index in [1.54, 1.807) is 0 Å². The average Bonchev–Trinajstić information content (AvgIpc) is 2.60. The number of fused-ring (bicyclic) bond motifs is 1. The van der Waals surface area contributed by atoms with E-state index in [0.717, 1.165) is 2.70 Å². The van der Waals surface area contributed by atoms with Crippen molar-refractivity contribution in [3.8, 4) is 0 Å². The van der Waals surface area contributed by atoms with E-state index in [2.05, 4.69) is 84.0 Å². The van der Waals surface area contributed by atoms with Crippen molar-refractivity contribution in [2.75, 3.05) is 11.9 Å². The summed E-state index contributed by atoms with van der Waals surface area (Å²) in [6.45, 7) is 4.42. The second kappa shape index (κ2) is 4.45. The Morgan fingerprint density at radius 2 is 1.95 bits per heavy atom. The summed E-state index contributed by atoms with van der Waals surface area (Å²) < 4.78 is 0.823. The molecule has 3 nitrogen and oxygen atoms in total. The Balaban J connectivity index is 2.21. The van der Waals surface area contributed by atoms with Gasteiger partial charge in [-0.3, -0.25) is 9.88 Å². The fourth-order valence-electron chi connectivity index (χ4n) is 2.72. The van der Waals surface area contributed by atoms with Gasteiger partial charge in [-0.2, -0.15) is 0 Å². The van der Waals surface area contributed by atoms with Gasteiger partial charge in [-0.1, -0.05) is 18.2 Å². The summed E-state index contributed by atoms with van der Waals surface area (Å²) in [7, 11) is 2.24. The molecule has 2 heterocycles. The van der Waals surface area contributed by atoms with Crippen LogP contribution in [0.15, 0.2) is 42.7 Å². The van der Waals surface area contributed by atoms with Crippen molar-refractivity contribution in [3.63, 3.8) is 0 Å². The quantitative estimate of drug-likeness (QED) is 0.556. The van der Waals surface area contributed by atoms with Gasteiger partial charge >= 0.3 is 0 Å². The van der Waals surface area contributed by atoms with Crippen LogP contribution in [0.4, 0.5) is 17.1 Å². The number of aromatic nitrogens is 1. The van der Waals surface area contributed by atoms with Gasteiger partial charge in [0.05, 0.1) is 13.2 Å². The minimum Gasteiger partial charge on any atom is -0.284 e. The van der Waals surface area contributed by atoms with Gasteiger partial charge in [0.25, 0.3) is 22.9 Å². The lowest BCUT2D eigenvalue weighted by Gasteiger charge is -2.30. The molecule has 0 amide bonds. The van der Waals surface area contributed by atoms with Crippen molar-refractivity contribution in [2.45, 2.75) is 20.0 Å². The molecule has 1 aliphatic rings. The van der Waals surface area contributed by atoms with Crippen LogP contribution >= 0.6 is 22.9 Å². The zero-order valence-corrected chi connectivity index (χ0v) is 13.5. The third-order valence-corrected chi connectivity index (χ3v) is 5.28. The molecule has 1 aromatic carbocycles. The zero-order chi connectivity index (χ0) is 13.6. The first-order valence-corrected chi connectivity index (χ1v) is 7.35. The Kier molecular flexibility index (Phi) is 3.02. The van der Waals surface area contributed by atoms with Gasteiger partial charge < -0.3 is 0 Å². The first kappa shape index (κ1) is 12.9. The molecule has 19 heavy (non-hydrogen) atoms. The largest absolute Gasteiger partial charge is 0.284 e. The lowest BCUT2D eigenvalue weighted by molar-refractivity contribution is 0.497. The Bertz CT molecular complexity index is 624. The van der Waals surface area contributed by atoms with Crippen molar-refractivity contribution in [3.05, 3.63) is 48.3 Å². The molecule has 2 aromatic rings. The zero-order valence-electron chi connectivity index (χ0n) is 11.3. The summed E-state index contributed by atoms with van der Waals surface area (Å²) in [6, 6.07) is 10.7. The lowest BCUT2D eigenvalue weighted by atomic mass is 10.1. The number of rotatable bonds is 1. The van der Waals surface area contributed by atoms with Crippen LogP contribution in [-0.4, -0.2) is 18.2 Å². The van der Waals surface area contributed by atoms with Crippen LogP contribution in [0, 0.1) is 6.92 Å². The van der Waals surface area contributed by atoms with Crippen molar-refractivity contribution in [1.29, 1.82) is 0 Å². The highest BCUT2D eigenvalue weighted by atomic mass is 127.